The molecule has 0 heterocycles. The highest BCUT2D eigenvalue weighted by Crippen LogP contribution is 2.27. The van der Waals surface area contributed by atoms with Crippen molar-refractivity contribution >= 4 is 11.8 Å². The fourth-order valence-corrected chi connectivity index (χ4v) is 3.19. The molecule has 5 nitrogen and oxygen atoms in total. The van der Waals surface area contributed by atoms with Gasteiger partial charge >= 0.3 is 5.97 Å². The molecule has 0 saturated heterocycles. The molecule has 0 unspecified atom stereocenters. The fourth-order valence-electron chi connectivity index (χ4n) is 3.19. The van der Waals surface area contributed by atoms with Gasteiger partial charge in [0.05, 0.1) is 20.6 Å². The van der Waals surface area contributed by atoms with Crippen LogP contribution in [0.1, 0.15) is 33.5 Å². The van der Waals surface area contributed by atoms with Gasteiger partial charge in [-0.25, -0.2) is 0 Å². The lowest BCUT2D eigenvalue weighted by molar-refractivity contribution is -0.141. The quantitative estimate of drug-likeness (QED) is 0.565. The van der Waals surface area contributed by atoms with Crippen LogP contribution in [-0.2, 0) is 28.8 Å². The van der Waals surface area contributed by atoms with E-state index in [0.717, 1.165) is 18.4 Å². The number of esters is 1. The first-order valence-corrected chi connectivity index (χ1v) is 8.62. The predicted octanol–water partition coefficient (Wildman–Crippen LogP) is 3.16. The van der Waals surface area contributed by atoms with Gasteiger partial charge in [0.2, 0.25) is 0 Å². The van der Waals surface area contributed by atoms with E-state index >= 15 is 0 Å². The molecule has 0 fully saturated rings. The minimum Gasteiger partial charge on any atom is -0.493 e. The lowest BCUT2D eigenvalue weighted by Gasteiger charge is -2.09. The van der Waals surface area contributed by atoms with E-state index in [2.05, 4.69) is 12.1 Å². The largest absolute Gasteiger partial charge is 0.493 e. The van der Waals surface area contributed by atoms with Crippen molar-refractivity contribution in [2.75, 3.05) is 20.8 Å². The molecule has 3 rings (SSSR count). The van der Waals surface area contributed by atoms with E-state index in [9.17, 15) is 9.59 Å². The summed E-state index contributed by atoms with van der Waals surface area (Å²) in [6.45, 7) is -0.292. The highest BCUT2D eigenvalue weighted by molar-refractivity contribution is 5.98. The summed E-state index contributed by atoms with van der Waals surface area (Å²) in [7, 11) is 3.03. The van der Waals surface area contributed by atoms with Crippen molar-refractivity contribution in [3.8, 4) is 11.5 Å². The van der Waals surface area contributed by atoms with Crippen LogP contribution in [-0.4, -0.2) is 32.6 Å². The number of carbonyl (C=O) groups excluding carboxylic acids is 2. The zero-order valence-electron chi connectivity index (χ0n) is 15.0. The molecule has 0 aliphatic heterocycles. The lowest BCUT2D eigenvalue weighted by Crippen LogP contribution is -2.16. The molecule has 5 heteroatoms. The molecule has 1 aliphatic carbocycles. The van der Waals surface area contributed by atoms with Gasteiger partial charge in [0.25, 0.3) is 0 Å². The highest BCUT2D eigenvalue weighted by Gasteiger charge is 2.15. The number of ether oxygens (including phenoxy) is 3. The summed E-state index contributed by atoms with van der Waals surface area (Å²) in [5, 5.41) is 0. The summed E-state index contributed by atoms with van der Waals surface area (Å²) in [5.74, 6) is 0.311. The van der Waals surface area contributed by atoms with Gasteiger partial charge in [0, 0.05) is 5.56 Å². The number of rotatable bonds is 7. The van der Waals surface area contributed by atoms with Crippen molar-refractivity contribution in [1.82, 2.24) is 0 Å². The molecule has 0 amide bonds. The van der Waals surface area contributed by atoms with Crippen molar-refractivity contribution in [3.05, 3.63) is 58.7 Å². The standard InChI is InChI=1S/C21H22O5/c1-24-19-9-8-17(12-20(19)25-2)18(22)13-26-21(23)11-14-6-7-15-4-3-5-16(15)10-14/h6-10,12H,3-5,11,13H2,1-2H3. The number of ketones is 1. The Kier molecular flexibility index (Phi) is 5.56. The van der Waals surface area contributed by atoms with Crippen molar-refractivity contribution in [2.45, 2.75) is 25.7 Å². The maximum atomic E-state index is 12.2. The summed E-state index contributed by atoms with van der Waals surface area (Å²) >= 11 is 0. The first-order valence-electron chi connectivity index (χ1n) is 8.62. The maximum Gasteiger partial charge on any atom is 0.310 e. The second-order valence-electron chi connectivity index (χ2n) is 6.29. The molecule has 0 saturated carbocycles. The SMILES string of the molecule is COc1ccc(C(=O)COC(=O)Cc2ccc3c(c2)CCC3)cc1OC. The topological polar surface area (TPSA) is 61.8 Å². The molecule has 0 bridgehead atoms. The smallest absolute Gasteiger partial charge is 0.310 e. The monoisotopic (exact) mass is 354 g/mol. The van der Waals surface area contributed by atoms with Crippen molar-refractivity contribution < 1.29 is 23.8 Å². The number of Topliss-reactive ketones (excluding diaryl/α,β-unsaturated/α-hetero) is 1. The Hall–Kier alpha value is -2.82. The fraction of sp³-hybridized carbons (Fsp3) is 0.333. The Balaban J connectivity index is 1.56. The molecule has 0 aromatic heterocycles. The number of aryl methyl sites for hydroxylation is 2. The van der Waals surface area contributed by atoms with E-state index in [4.69, 9.17) is 14.2 Å². The third kappa shape index (κ3) is 4.04. The van der Waals surface area contributed by atoms with Crippen LogP contribution < -0.4 is 9.47 Å². The van der Waals surface area contributed by atoms with Crippen LogP contribution in [0.4, 0.5) is 0 Å². The number of hydrogen-bond acceptors (Lipinski definition) is 5. The Bertz CT molecular complexity index is 825. The zero-order valence-corrected chi connectivity index (χ0v) is 15.0. The van der Waals surface area contributed by atoms with E-state index < -0.39 is 5.97 Å². The first kappa shape index (κ1) is 18.0. The summed E-state index contributed by atoms with van der Waals surface area (Å²) in [5.41, 5.74) is 4.02. The van der Waals surface area contributed by atoms with Crippen LogP contribution in [0.3, 0.4) is 0 Å². The molecule has 0 N–H and O–H groups in total. The minimum atomic E-state index is -0.406. The van der Waals surface area contributed by atoms with Gasteiger partial charge in [-0.3, -0.25) is 9.59 Å². The third-order valence-electron chi connectivity index (χ3n) is 4.58. The molecule has 26 heavy (non-hydrogen) atoms. The summed E-state index contributed by atoms with van der Waals surface area (Å²) in [6.07, 6.45) is 3.52. The average molecular weight is 354 g/mol. The summed E-state index contributed by atoms with van der Waals surface area (Å²) in [6, 6.07) is 11.0. The van der Waals surface area contributed by atoms with Gasteiger partial charge in [0.1, 0.15) is 0 Å². The van der Waals surface area contributed by atoms with Gasteiger partial charge < -0.3 is 14.2 Å². The van der Waals surface area contributed by atoms with E-state index in [1.807, 2.05) is 6.07 Å². The van der Waals surface area contributed by atoms with Crippen molar-refractivity contribution in [3.63, 3.8) is 0 Å². The van der Waals surface area contributed by atoms with E-state index in [1.54, 1.807) is 18.2 Å². The van der Waals surface area contributed by atoms with E-state index in [0.29, 0.717) is 17.1 Å². The first-order chi connectivity index (χ1) is 12.6. The van der Waals surface area contributed by atoms with Gasteiger partial charge in [0.15, 0.2) is 23.9 Å². The molecule has 2 aromatic carbocycles. The lowest BCUT2D eigenvalue weighted by atomic mass is 10.0. The van der Waals surface area contributed by atoms with Gasteiger partial charge in [-0.2, -0.15) is 0 Å². The van der Waals surface area contributed by atoms with Crippen LogP contribution in [0.5, 0.6) is 11.5 Å². The second-order valence-corrected chi connectivity index (χ2v) is 6.29. The summed E-state index contributed by atoms with van der Waals surface area (Å²) < 4.78 is 15.5. The van der Waals surface area contributed by atoms with Crippen molar-refractivity contribution in [1.29, 1.82) is 0 Å². The Morgan fingerprint density at radius 3 is 2.46 bits per heavy atom. The average Bonchev–Trinajstić information content (AvgIpc) is 3.13. The number of carbonyl (C=O) groups is 2. The maximum absolute atomic E-state index is 12.2. The number of hydrogen-bond donors (Lipinski definition) is 0. The molecule has 0 radical (unpaired) electrons. The number of fused-ring (bicyclic) bond motifs is 1. The Morgan fingerprint density at radius 2 is 1.69 bits per heavy atom. The van der Waals surface area contributed by atoms with E-state index in [-0.39, 0.29) is 18.8 Å². The zero-order chi connectivity index (χ0) is 18.5. The molecule has 1 aliphatic rings. The number of benzene rings is 2. The molecule has 2 aromatic rings. The predicted molar refractivity (Wildman–Crippen MR) is 97.0 cm³/mol. The molecule has 0 atom stereocenters. The third-order valence-corrected chi connectivity index (χ3v) is 4.58. The molecular formula is C21H22O5. The Morgan fingerprint density at radius 1 is 0.923 bits per heavy atom. The van der Waals surface area contributed by atoms with Gasteiger partial charge in [-0.05, 0) is 54.2 Å². The summed E-state index contributed by atoms with van der Waals surface area (Å²) in [4.78, 5) is 24.3. The van der Waals surface area contributed by atoms with Gasteiger partial charge in [-0.1, -0.05) is 18.2 Å². The van der Waals surface area contributed by atoms with Gasteiger partial charge in [-0.15, -0.1) is 0 Å². The normalized spacial score (nSPS) is 12.4. The Labute approximate surface area is 152 Å². The van der Waals surface area contributed by atoms with Crippen molar-refractivity contribution in [2.24, 2.45) is 0 Å². The van der Waals surface area contributed by atoms with Crippen LogP contribution in [0, 0.1) is 0 Å². The van der Waals surface area contributed by atoms with Crippen LogP contribution in [0.15, 0.2) is 36.4 Å². The second kappa shape index (κ2) is 8.04. The molecule has 136 valence electrons. The van der Waals surface area contributed by atoms with Crippen LogP contribution >= 0.6 is 0 Å². The molecule has 0 spiro atoms. The molecular weight excluding hydrogens is 332 g/mol. The van der Waals surface area contributed by atoms with Crippen LogP contribution in [0.2, 0.25) is 0 Å². The van der Waals surface area contributed by atoms with E-state index in [1.165, 1.54) is 31.8 Å². The highest BCUT2D eigenvalue weighted by atomic mass is 16.5. The van der Waals surface area contributed by atoms with Crippen LogP contribution in [0.25, 0.3) is 0 Å². The number of methoxy groups -OCH3 is 2. The minimum absolute atomic E-state index is 0.173.